The highest BCUT2D eigenvalue weighted by molar-refractivity contribution is 6.31. The van der Waals surface area contributed by atoms with E-state index in [4.69, 9.17) is 26.8 Å². The van der Waals surface area contributed by atoms with Crippen LogP contribution in [0.3, 0.4) is 0 Å². The number of halogens is 1. The van der Waals surface area contributed by atoms with Crippen molar-refractivity contribution in [2.75, 3.05) is 0 Å². The van der Waals surface area contributed by atoms with Crippen molar-refractivity contribution < 1.29 is 14.3 Å². The molecule has 0 aromatic heterocycles. The number of para-hydroxylation sites is 1. The van der Waals surface area contributed by atoms with Crippen molar-refractivity contribution >= 4 is 17.4 Å². The monoisotopic (exact) mass is 406 g/mol. The van der Waals surface area contributed by atoms with Crippen LogP contribution >= 0.6 is 11.6 Å². The third-order valence-corrected chi connectivity index (χ3v) is 5.54. The number of ketones is 1. The molecule has 2 aliphatic rings. The maximum absolute atomic E-state index is 12.7. The first-order valence-electron chi connectivity index (χ1n) is 9.39. The van der Waals surface area contributed by atoms with Gasteiger partial charge in [-0.15, -0.1) is 0 Å². The van der Waals surface area contributed by atoms with Gasteiger partial charge < -0.3 is 15.2 Å². The van der Waals surface area contributed by atoms with Gasteiger partial charge in [0.2, 0.25) is 5.88 Å². The summed E-state index contributed by atoms with van der Waals surface area (Å²) in [6, 6.07) is 17.0. The Morgan fingerprint density at radius 3 is 2.72 bits per heavy atom. The summed E-state index contributed by atoms with van der Waals surface area (Å²) in [5.74, 6) is 0.567. The van der Waals surface area contributed by atoms with Gasteiger partial charge in [-0.05, 0) is 18.6 Å². The predicted octanol–water partition coefficient (Wildman–Crippen LogP) is 4.73. The van der Waals surface area contributed by atoms with Crippen LogP contribution in [0.5, 0.6) is 5.75 Å². The number of nitrogens with zero attached hydrogens (tertiary/aromatic N) is 1. The molecule has 0 bridgehead atoms. The Bertz CT molecular complexity index is 1080. The number of rotatable bonds is 4. The molecule has 6 heteroatoms. The molecular weight excluding hydrogens is 388 g/mol. The van der Waals surface area contributed by atoms with Crippen molar-refractivity contribution in [3.8, 4) is 11.8 Å². The third kappa shape index (κ3) is 3.59. The normalized spacial score (nSPS) is 18.8. The average molecular weight is 407 g/mol. The van der Waals surface area contributed by atoms with Crippen molar-refractivity contribution in [3.05, 3.63) is 87.5 Å². The summed E-state index contributed by atoms with van der Waals surface area (Å²) in [7, 11) is 0. The van der Waals surface area contributed by atoms with Crippen molar-refractivity contribution in [2.24, 2.45) is 5.73 Å². The van der Waals surface area contributed by atoms with E-state index in [1.165, 1.54) is 0 Å². The second-order valence-electron chi connectivity index (χ2n) is 6.96. The number of carbonyl (C=O) groups excluding carboxylic acids is 1. The molecule has 0 radical (unpaired) electrons. The van der Waals surface area contributed by atoms with E-state index in [2.05, 4.69) is 6.07 Å². The standard InChI is InChI=1S/C23H19ClN2O3/c24-17-8-3-1-6-14(17)13-28-19-10-4-2-7-15(19)21-16(12-25)23(26)29-20-11-5-9-18(27)22(20)21/h1-4,6-8,10,21H,5,9,11,13,26H2/t21-/m0/s1. The number of hydrogen-bond donors (Lipinski definition) is 1. The van der Waals surface area contributed by atoms with Gasteiger partial charge in [-0.1, -0.05) is 48.0 Å². The van der Waals surface area contributed by atoms with Crippen LogP contribution in [0.2, 0.25) is 5.02 Å². The molecule has 0 fully saturated rings. The summed E-state index contributed by atoms with van der Waals surface area (Å²) in [6.45, 7) is 0.265. The van der Waals surface area contributed by atoms with Gasteiger partial charge in [-0.2, -0.15) is 5.26 Å². The number of Topliss-reactive ketones (excluding diaryl/α,β-unsaturated/α-hetero) is 1. The largest absolute Gasteiger partial charge is 0.489 e. The molecule has 0 unspecified atom stereocenters. The summed E-state index contributed by atoms with van der Waals surface area (Å²) in [5.41, 5.74) is 8.34. The molecule has 1 aliphatic heterocycles. The maximum atomic E-state index is 12.7. The zero-order chi connectivity index (χ0) is 20.4. The Kier molecular flexibility index (Phi) is 5.28. The molecule has 0 spiro atoms. The summed E-state index contributed by atoms with van der Waals surface area (Å²) in [5, 5.41) is 10.4. The minimum absolute atomic E-state index is 0.0163. The summed E-state index contributed by atoms with van der Waals surface area (Å²) >= 11 is 6.24. The molecule has 5 nitrogen and oxygen atoms in total. The fourth-order valence-corrected chi connectivity index (χ4v) is 3.98. The first kappa shape index (κ1) is 19.1. The highest BCUT2D eigenvalue weighted by Crippen LogP contribution is 2.45. The molecule has 29 heavy (non-hydrogen) atoms. The molecule has 1 atom stereocenters. The van der Waals surface area contributed by atoms with Gasteiger partial charge in [-0.3, -0.25) is 4.79 Å². The minimum Gasteiger partial charge on any atom is -0.489 e. The Morgan fingerprint density at radius 1 is 1.17 bits per heavy atom. The summed E-state index contributed by atoms with van der Waals surface area (Å²) in [6.07, 6.45) is 1.77. The molecule has 0 saturated heterocycles. The van der Waals surface area contributed by atoms with Gasteiger partial charge in [0.15, 0.2) is 5.78 Å². The quantitative estimate of drug-likeness (QED) is 0.792. The number of nitrogens with two attached hydrogens (primary N) is 1. The minimum atomic E-state index is -0.598. The lowest BCUT2D eigenvalue weighted by Crippen LogP contribution is -2.27. The van der Waals surface area contributed by atoms with Gasteiger partial charge >= 0.3 is 0 Å². The van der Waals surface area contributed by atoms with Crippen molar-refractivity contribution in [2.45, 2.75) is 31.8 Å². The number of benzene rings is 2. The first-order valence-corrected chi connectivity index (χ1v) is 9.77. The lowest BCUT2D eigenvalue weighted by molar-refractivity contribution is -0.116. The smallest absolute Gasteiger partial charge is 0.205 e. The molecule has 146 valence electrons. The van der Waals surface area contributed by atoms with Gasteiger partial charge in [0.05, 0.1) is 5.92 Å². The van der Waals surface area contributed by atoms with Crippen LogP contribution in [0.15, 0.2) is 71.3 Å². The Morgan fingerprint density at radius 2 is 1.93 bits per heavy atom. The van der Waals surface area contributed by atoms with Crippen LogP contribution in [0, 0.1) is 11.3 Å². The van der Waals surface area contributed by atoms with E-state index in [1.54, 1.807) is 6.07 Å². The Labute approximate surface area is 174 Å². The summed E-state index contributed by atoms with van der Waals surface area (Å²) in [4.78, 5) is 12.7. The highest BCUT2D eigenvalue weighted by Gasteiger charge is 2.39. The maximum Gasteiger partial charge on any atom is 0.205 e. The van der Waals surface area contributed by atoms with Crippen LogP contribution in [0.1, 0.15) is 36.3 Å². The van der Waals surface area contributed by atoms with Crippen LogP contribution in [0.4, 0.5) is 0 Å². The average Bonchev–Trinajstić information content (AvgIpc) is 2.73. The second-order valence-corrected chi connectivity index (χ2v) is 7.36. The zero-order valence-electron chi connectivity index (χ0n) is 15.7. The molecule has 2 aromatic rings. The van der Waals surface area contributed by atoms with E-state index in [-0.39, 0.29) is 23.8 Å². The predicted molar refractivity (Wildman–Crippen MR) is 109 cm³/mol. The van der Waals surface area contributed by atoms with Gasteiger partial charge in [-0.25, -0.2) is 0 Å². The van der Waals surface area contributed by atoms with E-state index < -0.39 is 5.92 Å². The zero-order valence-corrected chi connectivity index (χ0v) is 16.4. The van der Waals surface area contributed by atoms with Gasteiger partial charge in [0.1, 0.15) is 29.8 Å². The van der Waals surface area contributed by atoms with E-state index in [1.807, 2.05) is 42.5 Å². The molecule has 1 heterocycles. The first-order chi connectivity index (χ1) is 14.1. The Balaban J connectivity index is 1.76. The lowest BCUT2D eigenvalue weighted by Gasteiger charge is -2.31. The van der Waals surface area contributed by atoms with Gasteiger partial charge in [0, 0.05) is 34.6 Å². The Hall–Kier alpha value is -3.23. The molecule has 0 amide bonds. The third-order valence-electron chi connectivity index (χ3n) is 5.18. The highest BCUT2D eigenvalue weighted by atomic mass is 35.5. The van der Waals surface area contributed by atoms with Crippen LogP contribution in [0.25, 0.3) is 0 Å². The van der Waals surface area contributed by atoms with Crippen LogP contribution in [-0.2, 0) is 16.1 Å². The van der Waals surface area contributed by atoms with E-state index in [9.17, 15) is 10.1 Å². The summed E-state index contributed by atoms with van der Waals surface area (Å²) < 4.78 is 11.7. The van der Waals surface area contributed by atoms with Crippen molar-refractivity contribution in [1.29, 1.82) is 5.26 Å². The topological polar surface area (TPSA) is 85.3 Å². The van der Waals surface area contributed by atoms with Crippen molar-refractivity contribution in [1.82, 2.24) is 0 Å². The van der Waals surface area contributed by atoms with Gasteiger partial charge in [0.25, 0.3) is 0 Å². The molecule has 0 saturated carbocycles. The number of ether oxygens (including phenoxy) is 2. The van der Waals surface area contributed by atoms with Crippen LogP contribution < -0.4 is 10.5 Å². The number of nitriles is 1. The second kappa shape index (κ2) is 8.02. The fraction of sp³-hybridized carbons (Fsp3) is 0.217. The van der Waals surface area contributed by atoms with Crippen LogP contribution in [-0.4, -0.2) is 5.78 Å². The molecular formula is C23H19ClN2O3. The fourth-order valence-electron chi connectivity index (χ4n) is 3.79. The van der Waals surface area contributed by atoms with Crippen molar-refractivity contribution in [3.63, 3.8) is 0 Å². The van der Waals surface area contributed by atoms with E-state index >= 15 is 0 Å². The molecule has 1 aliphatic carbocycles. The van der Waals surface area contributed by atoms with E-state index in [0.29, 0.717) is 46.9 Å². The molecule has 4 rings (SSSR count). The lowest BCUT2D eigenvalue weighted by atomic mass is 9.77. The number of allylic oxidation sites excluding steroid dienone is 3. The number of hydrogen-bond acceptors (Lipinski definition) is 5. The van der Waals surface area contributed by atoms with E-state index in [0.717, 1.165) is 5.56 Å². The molecule has 2 N–H and O–H groups in total. The SMILES string of the molecule is N#CC1=C(N)OC2=C(C(=O)CCC2)[C@H]1c1ccccc1OCc1ccccc1Cl. The number of carbonyl (C=O) groups is 1. The molecule has 2 aromatic carbocycles.